The Balaban J connectivity index is 0.00000225. The highest BCUT2D eigenvalue weighted by Crippen LogP contribution is 2.25. The highest BCUT2D eigenvalue weighted by molar-refractivity contribution is 6.30. The number of hydrogen-bond donors (Lipinski definition) is 1. The van der Waals surface area contributed by atoms with Crippen molar-refractivity contribution in [3.63, 3.8) is 0 Å². The Morgan fingerprint density at radius 1 is 1.52 bits per heavy atom. The van der Waals surface area contributed by atoms with Crippen molar-refractivity contribution >= 4 is 29.9 Å². The summed E-state index contributed by atoms with van der Waals surface area (Å²) in [4.78, 5) is 14.8. The molecule has 2 saturated heterocycles. The molecule has 0 aromatic heterocycles. The summed E-state index contributed by atoms with van der Waals surface area (Å²) in [6.45, 7) is 5.30. The number of halogens is 2. The molecule has 3 unspecified atom stereocenters. The van der Waals surface area contributed by atoms with E-state index < -0.39 is 6.10 Å². The molecule has 2 heterocycles. The zero-order chi connectivity index (χ0) is 16.9. The van der Waals surface area contributed by atoms with E-state index >= 15 is 0 Å². The zero-order valence-corrected chi connectivity index (χ0v) is 16.0. The van der Waals surface area contributed by atoms with Crippen LogP contribution in [0.1, 0.15) is 31.4 Å². The van der Waals surface area contributed by atoms with Crippen molar-refractivity contribution < 1.29 is 14.3 Å². The highest BCUT2D eigenvalue weighted by Gasteiger charge is 2.31. The highest BCUT2D eigenvalue weighted by atomic mass is 35.5. The summed E-state index contributed by atoms with van der Waals surface area (Å²) in [5.41, 5.74) is 1.05. The monoisotopic (exact) mass is 388 g/mol. The van der Waals surface area contributed by atoms with Gasteiger partial charge in [-0.05, 0) is 37.5 Å². The third kappa shape index (κ3) is 5.31. The van der Waals surface area contributed by atoms with Crippen LogP contribution in [-0.2, 0) is 14.3 Å². The van der Waals surface area contributed by atoms with E-state index in [1.807, 2.05) is 36.1 Å². The van der Waals surface area contributed by atoms with Gasteiger partial charge in [-0.3, -0.25) is 4.79 Å². The molecule has 1 aromatic rings. The molecule has 2 fully saturated rings. The Bertz CT molecular complexity index is 567. The van der Waals surface area contributed by atoms with Gasteiger partial charge in [0.2, 0.25) is 0 Å². The summed E-state index contributed by atoms with van der Waals surface area (Å²) in [5.74, 6) is 0.0273. The van der Waals surface area contributed by atoms with E-state index in [0.29, 0.717) is 18.2 Å². The van der Waals surface area contributed by atoms with Gasteiger partial charge >= 0.3 is 0 Å². The summed E-state index contributed by atoms with van der Waals surface area (Å²) in [5, 5.41) is 4.04. The predicted molar refractivity (Wildman–Crippen MR) is 100 cm³/mol. The molecule has 0 spiro atoms. The van der Waals surface area contributed by atoms with Gasteiger partial charge in [-0.2, -0.15) is 0 Å². The van der Waals surface area contributed by atoms with Crippen LogP contribution in [0, 0.1) is 0 Å². The fourth-order valence-electron chi connectivity index (χ4n) is 3.31. The number of benzene rings is 1. The average molecular weight is 389 g/mol. The Morgan fingerprint density at radius 2 is 2.36 bits per heavy atom. The molecule has 1 amide bonds. The first kappa shape index (κ1) is 20.5. The summed E-state index contributed by atoms with van der Waals surface area (Å²) < 4.78 is 11.3. The SMILES string of the molecule is CC(OCC1CCCO1)C(=O)N1CCNCC1c1cccc(Cl)c1.Cl. The summed E-state index contributed by atoms with van der Waals surface area (Å²) in [7, 11) is 0. The van der Waals surface area contributed by atoms with Crippen LogP contribution in [0.3, 0.4) is 0 Å². The largest absolute Gasteiger partial charge is 0.376 e. The van der Waals surface area contributed by atoms with E-state index in [0.717, 1.165) is 38.1 Å². The average Bonchev–Trinajstić information content (AvgIpc) is 3.12. The van der Waals surface area contributed by atoms with Crippen LogP contribution in [0.25, 0.3) is 0 Å². The van der Waals surface area contributed by atoms with Gasteiger partial charge in [0, 0.05) is 31.3 Å². The quantitative estimate of drug-likeness (QED) is 0.842. The molecular weight excluding hydrogens is 363 g/mol. The molecule has 1 N–H and O–H groups in total. The lowest BCUT2D eigenvalue weighted by molar-refractivity contribution is -0.148. The molecule has 7 heteroatoms. The van der Waals surface area contributed by atoms with E-state index in [9.17, 15) is 4.79 Å². The van der Waals surface area contributed by atoms with Gasteiger partial charge < -0.3 is 19.7 Å². The second-order valence-electron chi connectivity index (χ2n) is 6.42. The van der Waals surface area contributed by atoms with Crippen molar-refractivity contribution in [2.75, 3.05) is 32.8 Å². The van der Waals surface area contributed by atoms with Crippen molar-refractivity contribution in [2.24, 2.45) is 0 Å². The lowest BCUT2D eigenvalue weighted by Crippen LogP contribution is -2.51. The van der Waals surface area contributed by atoms with Gasteiger partial charge in [0.25, 0.3) is 5.91 Å². The fourth-order valence-corrected chi connectivity index (χ4v) is 3.51. The van der Waals surface area contributed by atoms with Crippen molar-refractivity contribution in [3.8, 4) is 0 Å². The number of ether oxygens (including phenoxy) is 2. The molecule has 0 radical (unpaired) electrons. The molecule has 3 atom stereocenters. The Labute approximate surface area is 160 Å². The summed E-state index contributed by atoms with van der Waals surface area (Å²) in [6.07, 6.45) is 1.76. The van der Waals surface area contributed by atoms with Gasteiger partial charge in [-0.1, -0.05) is 23.7 Å². The maximum absolute atomic E-state index is 12.9. The van der Waals surface area contributed by atoms with E-state index in [1.54, 1.807) is 0 Å². The Kier molecular flexibility index (Phi) is 7.97. The first-order valence-electron chi connectivity index (χ1n) is 8.65. The van der Waals surface area contributed by atoms with Crippen molar-refractivity contribution in [2.45, 2.75) is 38.0 Å². The standard InChI is InChI=1S/C18H25ClN2O3.ClH/c1-13(24-12-16-6-3-9-23-16)18(22)21-8-7-20-11-17(21)14-4-2-5-15(19)10-14;/h2,4-5,10,13,16-17,20H,3,6-9,11-12H2,1H3;1H. The number of nitrogens with zero attached hydrogens (tertiary/aromatic N) is 1. The molecule has 2 aliphatic heterocycles. The smallest absolute Gasteiger partial charge is 0.252 e. The minimum Gasteiger partial charge on any atom is -0.376 e. The molecule has 0 bridgehead atoms. The molecule has 0 aliphatic carbocycles. The van der Waals surface area contributed by atoms with Gasteiger partial charge in [0.05, 0.1) is 18.8 Å². The van der Waals surface area contributed by atoms with E-state index in [4.69, 9.17) is 21.1 Å². The third-order valence-electron chi connectivity index (χ3n) is 4.66. The normalized spacial score (nSPS) is 24.6. The number of carbonyl (C=O) groups is 1. The topological polar surface area (TPSA) is 50.8 Å². The van der Waals surface area contributed by atoms with Gasteiger partial charge in [-0.25, -0.2) is 0 Å². The second-order valence-corrected chi connectivity index (χ2v) is 6.85. The Hall–Kier alpha value is -0.850. The van der Waals surface area contributed by atoms with Crippen molar-refractivity contribution in [1.29, 1.82) is 0 Å². The molecule has 5 nitrogen and oxygen atoms in total. The Morgan fingerprint density at radius 3 is 3.08 bits per heavy atom. The molecule has 25 heavy (non-hydrogen) atoms. The molecule has 2 aliphatic rings. The van der Waals surface area contributed by atoms with Crippen LogP contribution in [0.4, 0.5) is 0 Å². The van der Waals surface area contributed by atoms with E-state index in [1.165, 1.54) is 0 Å². The lowest BCUT2D eigenvalue weighted by Gasteiger charge is -2.38. The third-order valence-corrected chi connectivity index (χ3v) is 4.90. The first-order valence-corrected chi connectivity index (χ1v) is 9.03. The maximum atomic E-state index is 12.9. The number of piperazine rings is 1. The van der Waals surface area contributed by atoms with Crippen molar-refractivity contribution in [3.05, 3.63) is 34.9 Å². The summed E-state index contributed by atoms with van der Waals surface area (Å²) >= 11 is 6.11. The first-order chi connectivity index (χ1) is 11.6. The van der Waals surface area contributed by atoms with Crippen LogP contribution in [0.2, 0.25) is 5.02 Å². The van der Waals surface area contributed by atoms with Crippen molar-refractivity contribution in [1.82, 2.24) is 10.2 Å². The number of amides is 1. The number of carbonyl (C=O) groups excluding carboxylic acids is 1. The van der Waals surface area contributed by atoms with E-state index in [2.05, 4.69) is 5.32 Å². The van der Waals surface area contributed by atoms with Crippen LogP contribution in [0.5, 0.6) is 0 Å². The van der Waals surface area contributed by atoms with Gasteiger partial charge in [0.1, 0.15) is 6.10 Å². The molecule has 140 valence electrons. The second kappa shape index (κ2) is 9.74. The number of hydrogen-bond acceptors (Lipinski definition) is 4. The number of rotatable bonds is 5. The van der Waals surface area contributed by atoms with Gasteiger partial charge in [-0.15, -0.1) is 12.4 Å². The minimum absolute atomic E-state index is 0. The lowest BCUT2D eigenvalue weighted by atomic mass is 10.0. The van der Waals surface area contributed by atoms with Crippen LogP contribution < -0.4 is 5.32 Å². The maximum Gasteiger partial charge on any atom is 0.252 e. The summed E-state index contributed by atoms with van der Waals surface area (Å²) in [6, 6.07) is 7.70. The molecule has 1 aromatic carbocycles. The molecular formula is C18H26Cl2N2O3. The van der Waals surface area contributed by atoms with Gasteiger partial charge in [0.15, 0.2) is 0 Å². The zero-order valence-electron chi connectivity index (χ0n) is 14.4. The molecule has 3 rings (SSSR count). The van der Waals surface area contributed by atoms with E-state index in [-0.39, 0.29) is 30.5 Å². The predicted octanol–water partition coefficient (Wildman–Crippen LogP) is 2.82. The van der Waals surface area contributed by atoms with Crippen LogP contribution in [0.15, 0.2) is 24.3 Å². The minimum atomic E-state index is -0.464. The number of nitrogens with one attached hydrogen (secondary N) is 1. The fraction of sp³-hybridized carbons (Fsp3) is 0.611. The molecule has 0 saturated carbocycles. The van der Waals surface area contributed by atoms with Crippen LogP contribution >= 0.6 is 24.0 Å². The van der Waals surface area contributed by atoms with Crippen LogP contribution in [-0.4, -0.2) is 55.9 Å².